The summed E-state index contributed by atoms with van der Waals surface area (Å²) in [7, 11) is 3.03. The third-order valence-electron chi connectivity index (χ3n) is 5.46. The quantitative estimate of drug-likeness (QED) is 0.801. The van der Waals surface area contributed by atoms with E-state index in [2.05, 4.69) is 32.6 Å². The fourth-order valence-corrected chi connectivity index (χ4v) is 3.01. The molecule has 22 heavy (non-hydrogen) atoms. The summed E-state index contributed by atoms with van der Waals surface area (Å²) in [5.41, 5.74) is 0.346. The topological polar surface area (TPSA) is 45.9 Å². The fraction of sp³-hybridized carbons (Fsp3) is 0.706. The average molecular weight is 308 g/mol. The summed E-state index contributed by atoms with van der Waals surface area (Å²) < 4.78 is 5.72. The number of nitrogens with zero attached hydrogens (tertiary/aromatic N) is 2. The molecular formula is C17H28N2O3. The molecule has 2 rings (SSSR count). The van der Waals surface area contributed by atoms with E-state index < -0.39 is 0 Å². The van der Waals surface area contributed by atoms with Crippen molar-refractivity contribution < 1.29 is 14.0 Å². The van der Waals surface area contributed by atoms with Crippen molar-refractivity contribution in [1.82, 2.24) is 9.96 Å². The molecule has 0 spiro atoms. The molecule has 1 aliphatic heterocycles. The number of hydrogen-bond donors (Lipinski definition) is 0. The SMILES string of the molecule is CON(C)C(=O)c1ccc(CN2CCCC(C)(C)C2(C)C)o1. The van der Waals surface area contributed by atoms with Gasteiger partial charge in [-0.1, -0.05) is 13.8 Å². The zero-order valence-corrected chi connectivity index (χ0v) is 14.6. The van der Waals surface area contributed by atoms with Gasteiger partial charge in [-0.05, 0) is 50.8 Å². The Kier molecular flexibility index (Phi) is 4.68. The average Bonchev–Trinajstić information content (AvgIpc) is 2.91. The Morgan fingerprint density at radius 1 is 1.36 bits per heavy atom. The predicted molar refractivity (Wildman–Crippen MR) is 85.3 cm³/mol. The van der Waals surface area contributed by atoms with Gasteiger partial charge in [0.2, 0.25) is 0 Å². The third kappa shape index (κ3) is 3.06. The first kappa shape index (κ1) is 17.0. The standard InChI is InChI=1S/C17H28N2O3/c1-16(2)10-7-11-19(17(16,3)4)12-13-8-9-14(22-13)15(20)18(5)21-6/h8-9H,7,10-12H2,1-6H3. The van der Waals surface area contributed by atoms with Crippen LogP contribution in [0.2, 0.25) is 0 Å². The minimum absolute atomic E-state index is 0.0888. The Balaban J connectivity index is 2.11. The van der Waals surface area contributed by atoms with Crippen molar-refractivity contribution in [3.8, 4) is 0 Å². The molecule has 1 fully saturated rings. The van der Waals surface area contributed by atoms with Crippen LogP contribution in [0.25, 0.3) is 0 Å². The highest BCUT2D eigenvalue weighted by Crippen LogP contribution is 2.43. The zero-order chi connectivity index (χ0) is 16.5. The molecule has 1 aromatic heterocycles. The maximum atomic E-state index is 12.0. The molecule has 5 heteroatoms. The van der Waals surface area contributed by atoms with Crippen molar-refractivity contribution in [3.05, 3.63) is 23.7 Å². The summed E-state index contributed by atoms with van der Waals surface area (Å²) in [4.78, 5) is 19.4. The van der Waals surface area contributed by atoms with Crippen molar-refractivity contribution in [2.75, 3.05) is 20.7 Å². The third-order valence-corrected chi connectivity index (χ3v) is 5.46. The van der Waals surface area contributed by atoms with Gasteiger partial charge in [0.25, 0.3) is 0 Å². The zero-order valence-electron chi connectivity index (χ0n) is 14.6. The van der Waals surface area contributed by atoms with E-state index in [0.717, 1.165) is 23.9 Å². The number of amides is 1. The molecule has 1 saturated heterocycles. The Bertz CT molecular complexity index is 534. The summed E-state index contributed by atoms with van der Waals surface area (Å²) in [6, 6.07) is 3.60. The van der Waals surface area contributed by atoms with E-state index in [1.54, 1.807) is 13.1 Å². The molecule has 0 aliphatic carbocycles. The van der Waals surface area contributed by atoms with Gasteiger partial charge in [0, 0.05) is 12.6 Å². The lowest BCUT2D eigenvalue weighted by molar-refractivity contribution is -0.0776. The number of piperidine rings is 1. The number of rotatable bonds is 4. The smallest absolute Gasteiger partial charge is 0.312 e. The van der Waals surface area contributed by atoms with Gasteiger partial charge < -0.3 is 4.42 Å². The van der Waals surface area contributed by atoms with Gasteiger partial charge in [0.15, 0.2) is 5.76 Å². The molecule has 5 nitrogen and oxygen atoms in total. The van der Waals surface area contributed by atoms with E-state index in [9.17, 15) is 4.79 Å². The van der Waals surface area contributed by atoms with Crippen molar-refractivity contribution in [2.45, 2.75) is 52.6 Å². The van der Waals surface area contributed by atoms with Crippen LogP contribution in [0.15, 0.2) is 16.5 Å². The number of likely N-dealkylation sites (tertiary alicyclic amines) is 1. The second-order valence-corrected chi connectivity index (χ2v) is 7.22. The summed E-state index contributed by atoms with van der Waals surface area (Å²) in [5.74, 6) is 0.860. The molecule has 1 amide bonds. The molecule has 0 aromatic carbocycles. The van der Waals surface area contributed by atoms with E-state index in [1.165, 1.54) is 20.0 Å². The van der Waals surface area contributed by atoms with Crippen LogP contribution < -0.4 is 0 Å². The fourth-order valence-electron chi connectivity index (χ4n) is 3.01. The number of hydroxylamine groups is 2. The first-order valence-corrected chi connectivity index (χ1v) is 7.85. The van der Waals surface area contributed by atoms with E-state index in [4.69, 9.17) is 9.25 Å². The Hall–Kier alpha value is -1.33. The molecule has 1 aromatic rings. The van der Waals surface area contributed by atoms with Gasteiger partial charge in [0.05, 0.1) is 13.7 Å². The number of furan rings is 1. The van der Waals surface area contributed by atoms with E-state index >= 15 is 0 Å². The monoisotopic (exact) mass is 308 g/mol. The Morgan fingerprint density at radius 3 is 2.68 bits per heavy atom. The lowest BCUT2D eigenvalue weighted by Crippen LogP contribution is -2.57. The minimum atomic E-state index is -0.271. The summed E-state index contributed by atoms with van der Waals surface area (Å²) in [5, 5.41) is 1.16. The highest BCUT2D eigenvalue weighted by atomic mass is 16.7. The van der Waals surface area contributed by atoms with Crippen molar-refractivity contribution >= 4 is 5.91 Å². The van der Waals surface area contributed by atoms with E-state index in [1.807, 2.05) is 6.07 Å². The number of carbonyl (C=O) groups is 1. The van der Waals surface area contributed by atoms with Crippen LogP contribution in [0.3, 0.4) is 0 Å². The molecule has 2 heterocycles. The molecule has 124 valence electrons. The molecule has 0 unspecified atom stereocenters. The Morgan fingerprint density at radius 2 is 2.05 bits per heavy atom. The lowest BCUT2D eigenvalue weighted by atomic mass is 9.68. The van der Waals surface area contributed by atoms with E-state index in [-0.39, 0.29) is 16.9 Å². The van der Waals surface area contributed by atoms with Gasteiger partial charge in [-0.25, -0.2) is 5.06 Å². The second-order valence-electron chi connectivity index (χ2n) is 7.22. The van der Waals surface area contributed by atoms with E-state index in [0.29, 0.717) is 5.76 Å². The first-order chi connectivity index (χ1) is 10.2. The van der Waals surface area contributed by atoms with Crippen molar-refractivity contribution in [3.63, 3.8) is 0 Å². The lowest BCUT2D eigenvalue weighted by Gasteiger charge is -2.53. The minimum Gasteiger partial charge on any atom is -0.454 e. The molecular weight excluding hydrogens is 280 g/mol. The number of hydrogen-bond acceptors (Lipinski definition) is 4. The van der Waals surface area contributed by atoms with Crippen molar-refractivity contribution in [2.24, 2.45) is 5.41 Å². The summed E-state index contributed by atoms with van der Waals surface area (Å²) in [6.45, 7) is 11.0. The van der Waals surface area contributed by atoms with Crippen molar-refractivity contribution in [1.29, 1.82) is 0 Å². The molecule has 1 aliphatic rings. The van der Waals surface area contributed by atoms with Crippen LogP contribution in [-0.2, 0) is 11.4 Å². The van der Waals surface area contributed by atoms with Crippen LogP contribution in [0.5, 0.6) is 0 Å². The molecule has 0 saturated carbocycles. The largest absolute Gasteiger partial charge is 0.454 e. The highest BCUT2D eigenvalue weighted by Gasteiger charge is 2.44. The summed E-state index contributed by atoms with van der Waals surface area (Å²) >= 11 is 0. The summed E-state index contributed by atoms with van der Waals surface area (Å²) in [6.07, 6.45) is 2.42. The van der Waals surface area contributed by atoms with Crippen LogP contribution in [0, 0.1) is 5.41 Å². The first-order valence-electron chi connectivity index (χ1n) is 7.85. The molecule has 0 atom stereocenters. The predicted octanol–water partition coefficient (Wildman–Crippen LogP) is 3.31. The molecule has 0 bridgehead atoms. The number of carbonyl (C=O) groups excluding carboxylic acids is 1. The van der Waals surface area contributed by atoms with Crippen LogP contribution in [0.4, 0.5) is 0 Å². The van der Waals surface area contributed by atoms with Crippen LogP contribution in [0.1, 0.15) is 56.9 Å². The normalized spacial score (nSPS) is 20.8. The molecule has 0 N–H and O–H groups in total. The van der Waals surface area contributed by atoms with Gasteiger partial charge in [-0.15, -0.1) is 0 Å². The maximum absolute atomic E-state index is 12.0. The van der Waals surface area contributed by atoms with Crippen LogP contribution in [-0.4, -0.2) is 42.1 Å². The highest BCUT2D eigenvalue weighted by molar-refractivity contribution is 5.90. The Labute approximate surface area is 133 Å². The van der Waals surface area contributed by atoms with Gasteiger partial charge >= 0.3 is 5.91 Å². The van der Waals surface area contributed by atoms with Crippen LogP contribution >= 0.6 is 0 Å². The van der Waals surface area contributed by atoms with Gasteiger partial charge in [0.1, 0.15) is 5.76 Å². The molecule has 0 radical (unpaired) electrons. The maximum Gasteiger partial charge on any atom is 0.312 e. The van der Waals surface area contributed by atoms with Gasteiger partial charge in [-0.3, -0.25) is 14.5 Å². The van der Waals surface area contributed by atoms with Gasteiger partial charge in [-0.2, -0.15) is 0 Å². The second kappa shape index (κ2) is 6.05.